The maximum atomic E-state index is 13.1. The van der Waals surface area contributed by atoms with Crippen LogP contribution in [0.3, 0.4) is 0 Å². The molecular formula is C19H14BrN3O3. The predicted octanol–water partition coefficient (Wildman–Crippen LogP) is 2.77. The Labute approximate surface area is 158 Å². The summed E-state index contributed by atoms with van der Waals surface area (Å²) in [5.41, 5.74) is 1.27. The molecule has 26 heavy (non-hydrogen) atoms. The summed E-state index contributed by atoms with van der Waals surface area (Å²) in [6.07, 6.45) is 0. The van der Waals surface area contributed by atoms with Crippen molar-refractivity contribution in [2.75, 3.05) is 9.91 Å². The highest BCUT2D eigenvalue weighted by Gasteiger charge is 2.58. The van der Waals surface area contributed by atoms with Gasteiger partial charge < -0.3 is 0 Å². The number of halogens is 1. The highest BCUT2D eigenvalue weighted by molar-refractivity contribution is 9.10. The van der Waals surface area contributed by atoms with E-state index in [0.29, 0.717) is 11.4 Å². The van der Waals surface area contributed by atoms with Crippen molar-refractivity contribution in [2.24, 2.45) is 11.0 Å². The third-order valence-corrected chi connectivity index (χ3v) is 5.04. The Morgan fingerprint density at radius 1 is 0.962 bits per heavy atom. The van der Waals surface area contributed by atoms with Gasteiger partial charge in [0.25, 0.3) is 5.91 Å². The van der Waals surface area contributed by atoms with Crippen LogP contribution in [-0.2, 0) is 14.4 Å². The van der Waals surface area contributed by atoms with Crippen LogP contribution in [0.15, 0.2) is 64.2 Å². The van der Waals surface area contributed by atoms with E-state index in [1.165, 1.54) is 11.9 Å². The first kappa shape index (κ1) is 16.7. The molecule has 2 aliphatic rings. The number of Topliss-reactive ketones (excluding diaryl/α,β-unsaturated/α-hetero) is 1. The Hall–Kier alpha value is -2.80. The maximum Gasteiger partial charge on any atom is 0.259 e. The number of hydrogen-bond donors (Lipinski definition) is 0. The van der Waals surface area contributed by atoms with Gasteiger partial charge in [-0.15, -0.1) is 0 Å². The molecule has 2 aromatic carbocycles. The molecule has 2 heterocycles. The van der Waals surface area contributed by atoms with Gasteiger partial charge in [-0.2, -0.15) is 5.10 Å². The summed E-state index contributed by atoms with van der Waals surface area (Å²) in [5, 5.41) is 5.80. The molecule has 0 bridgehead atoms. The molecule has 0 saturated carbocycles. The number of carbonyl (C=O) groups excluding carboxylic acids is 3. The highest BCUT2D eigenvalue weighted by Crippen LogP contribution is 2.38. The topological polar surface area (TPSA) is 70.1 Å². The van der Waals surface area contributed by atoms with Gasteiger partial charge in [-0.05, 0) is 36.4 Å². The molecule has 0 aliphatic carbocycles. The van der Waals surface area contributed by atoms with Crippen molar-refractivity contribution in [1.82, 2.24) is 0 Å². The number of anilines is 2. The van der Waals surface area contributed by atoms with Gasteiger partial charge >= 0.3 is 0 Å². The van der Waals surface area contributed by atoms with Crippen molar-refractivity contribution in [3.63, 3.8) is 0 Å². The van der Waals surface area contributed by atoms with E-state index in [4.69, 9.17) is 0 Å². The summed E-state index contributed by atoms with van der Waals surface area (Å²) >= 11 is 3.34. The molecule has 2 atom stereocenters. The number of ketones is 1. The van der Waals surface area contributed by atoms with Crippen LogP contribution < -0.4 is 9.91 Å². The Kier molecular flexibility index (Phi) is 3.96. The van der Waals surface area contributed by atoms with Gasteiger partial charge in [0.2, 0.25) is 5.91 Å². The van der Waals surface area contributed by atoms with Crippen LogP contribution in [0, 0.1) is 5.92 Å². The Bertz CT molecular complexity index is 940. The lowest BCUT2D eigenvalue weighted by Crippen LogP contribution is -2.39. The minimum Gasteiger partial charge on any atom is -0.293 e. The monoisotopic (exact) mass is 411 g/mol. The lowest BCUT2D eigenvalue weighted by molar-refractivity contribution is -0.122. The van der Waals surface area contributed by atoms with Crippen molar-refractivity contribution >= 4 is 50.6 Å². The molecule has 6 nitrogen and oxygen atoms in total. The molecule has 0 unspecified atom stereocenters. The first-order chi connectivity index (χ1) is 12.5. The second-order valence-corrected chi connectivity index (χ2v) is 7.05. The first-order valence-corrected chi connectivity index (χ1v) is 8.85. The smallest absolute Gasteiger partial charge is 0.259 e. The molecular weight excluding hydrogens is 398 g/mol. The summed E-state index contributed by atoms with van der Waals surface area (Å²) in [6, 6.07) is 15.1. The standard InChI is InChI=1S/C19H14BrN3O3/c1-11(24)16-15-17(23(21-16)14-5-3-2-4-6-14)19(26)22(18(15)25)13-9-7-12(20)8-10-13/h2-10,15,17H,1H3/t15-,17+/m1/s1. The molecule has 1 saturated heterocycles. The number of benzene rings is 2. The van der Waals surface area contributed by atoms with Crippen LogP contribution in [0.2, 0.25) is 0 Å². The average Bonchev–Trinajstić information content (AvgIpc) is 3.15. The van der Waals surface area contributed by atoms with Gasteiger partial charge in [0.15, 0.2) is 5.78 Å². The zero-order valence-electron chi connectivity index (χ0n) is 13.8. The van der Waals surface area contributed by atoms with E-state index in [0.717, 1.165) is 9.37 Å². The van der Waals surface area contributed by atoms with Gasteiger partial charge in [-0.1, -0.05) is 34.1 Å². The molecule has 2 aromatic rings. The Morgan fingerprint density at radius 2 is 1.62 bits per heavy atom. The summed E-state index contributed by atoms with van der Waals surface area (Å²) in [6.45, 7) is 1.37. The van der Waals surface area contributed by atoms with Crippen LogP contribution >= 0.6 is 15.9 Å². The van der Waals surface area contributed by atoms with E-state index >= 15 is 0 Å². The number of hydrazone groups is 1. The van der Waals surface area contributed by atoms with E-state index in [9.17, 15) is 14.4 Å². The number of hydrogen-bond acceptors (Lipinski definition) is 5. The van der Waals surface area contributed by atoms with Crippen molar-refractivity contribution in [1.29, 1.82) is 0 Å². The minimum absolute atomic E-state index is 0.122. The summed E-state index contributed by atoms with van der Waals surface area (Å²) in [4.78, 5) is 39.3. The molecule has 0 N–H and O–H groups in total. The van der Waals surface area contributed by atoms with E-state index in [-0.39, 0.29) is 17.4 Å². The van der Waals surface area contributed by atoms with Crippen LogP contribution in [0.4, 0.5) is 11.4 Å². The third kappa shape index (κ3) is 2.47. The fourth-order valence-corrected chi connectivity index (χ4v) is 3.61. The van der Waals surface area contributed by atoms with Crippen molar-refractivity contribution in [3.8, 4) is 0 Å². The van der Waals surface area contributed by atoms with Crippen molar-refractivity contribution in [3.05, 3.63) is 59.1 Å². The molecule has 2 amide bonds. The third-order valence-electron chi connectivity index (χ3n) is 4.52. The SMILES string of the molecule is CC(=O)C1=NN(c2ccccc2)[C@@H]2C(=O)N(c3ccc(Br)cc3)C(=O)[C@H]12. The molecule has 0 radical (unpaired) electrons. The zero-order valence-corrected chi connectivity index (χ0v) is 15.4. The van der Waals surface area contributed by atoms with Gasteiger partial charge in [-0.25, -0.2) is 4.90 Å². The predicted molar refractivity (Wildman–Crippen MR) is 101 cm³/mol. The number of amides is 2. The lowest BCUT2D eigenvalue weighted by Gasteiger charge is -2.22. The molecule has 2 aliphatic heterocycles. The minimum atomic E-state index is -0.885. The van der Waals surface area contributed by atoms with E-state index < -0.39 is 17.9 Å². The van der Waals surface area contributed by atoms with Crippen LogP contribution in [-0.4, -0.2) is 29.4 Å². The number of rotatable bonds is 3. The maximum absolute atomic E-state index is 13.1. The second kappa shape index (κ2) is 6.17. The van der Waals surface area contributed by atoms with Crippen LogP contribution in [0.25, 0.3) is 0 Å². The normalized spacial score (nSPS) is 21.8. The van der Waals surface area contributed by atoms with Crippen LogP contribution in [0.5, 0.6) is 0 Å². The largest absolute Gasteiger partial charge is 0.293 e. The fourth-order valence-electron chi connectivity index (χ4n) is 3.34. The zero-order chi connectivity index (χ0) is 18.4. The van der Waals surface area contributed by atoms with Crippen LogP contribution in [0.1, 0.15) is 6.92 Å². The fraction of sp³-hybridized carbons (Fsp3) is 0.158. The number of imide groups is 1. The summed E-state index contributed by atoms with van der Waals surface area (Å²) < 4.78 is 0.845. The quantitative estimate of drug-likeness (QED) is 0.728. The van der Waals surface area contributed by atoms with Gasteiger partial charge in [0.1, 0.15) is 17.7 Å². The molecule has 0 aromatic heterocycles. The molecule has 0 spiro atoms. The number of fused-ring (bicyclic) bond motifs is 1. The van der Waals surface area contributed by atoms with Crippen molar-refractivity contribution in [2.45, 2.75) is 13.0 Å². The number of para-hydroxylation sites is 1. The molecule has 130 valence electrons. The second-order valence-electron chi connectivity index (χ2n) is 6.13. The lowest BCUT2D eigenvalue weighted by atomic mass is 9.95. The first-order valence-electron chi connectivity index (χ1n) is 8.06. The summed E-state index contributed by atoms with van der Waals surface area (Å²) in [5.74, 6) is -2.00. The van der Waals surface area contributed by atoms with Gasteiger partial charge in [-0.3, -0.25) is 19.4 Å². The van der Waals surface area contributed by atoms with Gasteiger partial charge in [0.05, 0.1) is 11.4 Å². The molecule has 1 fully saturated rings. The Morgan fingerprint density at radius 3 is 2.23 bits per heavy atom. The molecule has 7 heteroatoms. The molecule has 4 rings (SSSR count). The number of nitrogens with zero attached hydrogens (tertiary/aromatic N) is 3. The Balaban J connectivity index is 1.80. The number of carbonyl (C=O) groups is 3. The van der Waals surface area contributed by atoms with E-state index in [1.54, 1.807) is 36.4 Å². The average molecular weight is 412 g/mol. The summed E-state index contributed by atoms with van der Waals surface area (Å²) in [7, 11) is 0. The van der Waals surface area contributed by atoms with Gasteiger partial charge in [0, 0.05) is 11.4 Å². The highest BCUT2D eigenvalue weighted by atomic mass is 79.9. The van der Waals surface area contributed by atoms with E-state index in [2.05, 4.69) is 21.0 Å². The van der Waals surface area contributed by atoms with E-state index in [1.807, 2.05) is 18.2 Å². The van der Waals surface area contributed by atoms with Crippen molar-refractivity contribution < 1.29 is 14.4 Å².